The van der Waals surface area contributed by atoms with E-state index in [-0.39, 0.29) is 5.48 Å². The molecule has 0 aromatic rings. The molecule has 0 unspecified atom stereocenters. The second kappa shape index (κ2) is 6.77. The summed E-state index contributed by atoms with van der Waals surface area (Å²) in [6.45, 7) is 4.83. The van der Waals surface area contributed by atoms with Crippen molar-refractivity contribution in [2.24, 2.45) is 5.41 Å². The molecule has 0 aromatic carbocycles. The molecule has 7 N–H and O–H groups in total. The molecule has 0 aliphatic carbocycles. The molecule has 0 spiro atoms. The maximum atomic E-state index is 12.0. The van der Waals surface area contributed by atoms with Gasteiger partial charge in [-0.05, 0) is 12.8 Å². The van der Waals surface area contributed by atoms with E-state index in [9.17, 15) is 19.0 Å². The summed E-state index contributed by atoms with van der Waals surface area (Å²) < 4.78 is 22.3. The largest absolute Gasteiger partial charge is 0.412 e. The Kier molecular flexibility index (Phi) is 7.50. The van der Waals surface area contributed by atoms with E-state index in [1.165, 1.54) is 6.92 Å². The second-order valence-corrected chi connectivity index (χ2v) is 8.74. The summed E-state index contributed by atoms with van der Waals surface area (Å²) in [5.74, 6) is -0.799. The molecule has 0 amide bonds. The van der Waals surface area contributed by atoms with Gasteiger partial charge < -0.3 is 30.2 Å². The Morgan fingerprint density at radius 1 is 1.00 bits per heavy atom. The summed E-state index contributed by atoms with van der Waals surface area (Å²) in [5.41, 5.74) is -1.00. The van der Waals surface area contributed by atoms with Gasteiger partial charge in [0.25, 0.3) is 5.08 Å². The zero-order valence-electron chi connectivity index (χ0n) is 11.5. The van der Waals surface area contributed by atoms with Crippen LogP contribution in [0, 0.1) is 5.41 Å². The number of hydrogen-bond acceptors (Lipinski definition) is 4. The van der Waals surface area contributed by atoms with E-state index in [4.69, 9.17) is 19.6 Å². The first kappa shape index (κ1) is 22.2. The minimum absolute atomic E-state index is 0. The summed E-state index contributed by atoms with van der Waals surface area (Å²) >= 11 is 0. The average molecular weight is 336 g/mol. The quantitative estimate of drug-likeness (QED) is 0.400. The highest BCUT2D eigenvalue weighted by Gasteiger charge is 2.61. The van der Waals surface area contributed by atoms with Crippen LogP contribution in [-0.2, 0) is 13.9 Å². The van der Waals surface area contributed by atoms with E-state index in [0.29, 0.717) is 12.8 Å². The zero-order valence-corrected chi connectivity index (χ0v) is 13.3. The monoisotopic (exact) mass is 336 g/mol. The predicted molar refractivity (Wildman–Crippen MR) is 71.0 cm³/mol. The Morgan fingerprint density at radius 2 is 1.30 bits per heavy atom. The molecule has 0 saturated carbocycles. The van der Waals surface area contributed by atoms with Gasteiger partial charge in [-0.3, -0.25) is 13.9 Å². The lowest BCUT2D eigenvalue weighted by molar-refractivity contribution is -0.130. The number of ketones is 1. The van der Waals surface area contributed by atoms with Crippen LogP contribution in [0.25, 0.3) is 0 Å². The maximum absolute atomic E-state index is 12.0. The lowest BCUT2D eigenvalue weighted by Crippen LogP contribution is -2.37. The molecule has 0 radical (unpaired) electrons. The van der Waals surface area contributed by atoms with Crippen LogP contribution in [0.1, 0.15) is 40.0 Å². The number of aliphatic hydroxyl groups is 1. The highest BCUT2D eigenvalue weighted by Crippen LogP contribution is 2.69. The minimum atomic E-state index is -5.58. The van der Waals surface area contributed by atoms with Crippen molar-refractivity contribution in [3.8, 4) is 0 Å². The summed E-state index contributed by atoms with van der Waals surface area (Å²) in [4.78, 5) is 47.8. The topological polar surface area (TPSA) is 184 Å². The van der Waals surface area contributed by atoms with Crippen LogP contribution in [-0.4, -0.2) is 41.0 Å². The van der Waals surface area contributed by atoms with Crippen LogP contribution < -0.4 is 0 Å². The van der Waals surface area contributed by atoms with Gasteiger partial charge in [0, 0.05) is 5.41 Å². The number of carbonyl (C=O) groups excluding carboxylic acids is 1. The molecule has 0 fully saturated rings. The molecule has 11 heteroatoms. The summed E-state index contributed by atoms with van der Waals surface area (Å²) in [5, 5.41) is 6.00. The Balaban J connectivity index is 0. The second-order valence-electron chi connectivity index (χ2n) is 4.73. The Hall–Kier alpha value is -0.110. The van der Waals surface area contributed by atoms with Crippen molar-refractivity contribution in [1.29, 1.82) is 0 Å². The molecule has 0 bridgehead atoms. The number of rotatable bonds is 7. The fourth-order valence-electron chi connectivity index (χ4n) is 1.45. The van der Waals surface area contributed by atoms with E-state index in [1.807, 2.05) is 0 Å². The Labute approximate surface area is 116 Å². The standard InChI is InChI=1S/C9H20O8P2.H2O/c1-4-8(3,5-2)7(10)6-9(11,18(12,13)14)19(15,16)17;/h11H,4-6H2,1-3H3,(H2,12,13,14)(H2,15,16,17);1H2. The van der Waals surface area contributed by atoms with Crippen LogP contribution in [0.5, 0.6) is 0 Å². The number of Topliss-reactive ketones (excluding diaryl/α,β-unsaturated/α-hetero) is 1. The molecular formula is C9H22O9P2. The van der Waals surface area contributed by atoms with Crippen molar-refractivity contribution in [3.63, 3.8) is 0 Å². The van der Waals surface area contributed by atoms with Gasteiger partial charge >= 0.3 is 15.2 Å². The first-order chi connectivity index (χ1) is 8.25. The average Bonchev–Trinajstić information content (AvgIpc) is 2.24. The molecule has 0 aromatic heterocycles. The van der Waals surface area contributed by atoms with Gasteiger partial charge in [-0.25, -0.2) is 0 Å². The van der Waals surface area contributed by atoms with Gasteiger partial charge in [0.15, 0.2) is 0 Å². The fourth-order valence-corrected chi connectivity index (χ4v) is 3.51. The third kappa shape index (κ3) is 4.19. The van der Waals surface area contributed by atoms with Gasteiger partial charge in [0.05, 0.1) is 6.42 Å². The first-order valence-electron chi connectivity index (χ1n) is 5.62. The van der Waals surface area contributed by atoms with Gasteiger partial charge in [-0.15, -0.1) is 0 Å². The molecule has 9 nitrogen and oxygen atoms in total. The van der Waals surface area contributed by atoms with Gasteiger partial charge in [0.2, 0.25) is 0 Å². The summed E-state index contributed by atoms with van der Waals surface area (Å²) in [6.07, 6.45) is -0.652. The zero-order chi connectivity index (χ0) is 15.7. The lowest BCUT2D eigenvalue weighted by Gasteiger charge is -2.32. The van der Waals surface area contributed by atoms with Crippen LogP contribution in [0.3, 0.4) is 0 Å². The lowest BCUT2D eigenvalue weighted by atomic mass is 9.79. The predicted octanol–water partition coefficient (Wildman–Crippen LogP) is -0.0513. The van der Waals surface area contributed by atoms with E-state index in [2.05, 4.69) is 0 Å². The fraction of sp³-hybridized carbons (Fsp3) is 0.889. The van der Waals surface area contributed by atoms with Gasteiger partial charge in [-0.2, -0.15) is 0 Å². The summed E-state index contributed by atoms with van der Waals surface area (Å²) in [6, 6.07) is 0. The Morgan fingerprint density at radius 3 is 1.50 bits per heavy atom. The summed E-state index contributed by atoms with van der Waals surface area (Å²) in [7, 11) is -11.2. The molecule has 0 atom stereocenters. The molecular weight excluding hydrogens is 314 g/mol. The molecule has 0 aliphatic rings. The minimum Gasteiger partial charge on any atom is -0.412 e. The molecule has 0 aliphatic heterocycles. The molecule has 20 heavy (non-hydrogen) atoms. The van der Waals surface area contributed by atoms with Crippen molar-refractivity contribution in [3.05, 3.63) is 0 Å². The van der Waals surface area contributed by atoms with Gasteiger partial charge in [-0.1, -0.05) is 20.8 Å². The van der Waals surface area contributed by atoms with E-state index in [1.54, 1.807) is 13.8 Å². The van der Waals surface area contributed by atoms with E-state index in [0.717, 1.165) is 0 Å². The number of carbonyl (C=O) groups is 1. The van der Waals surface area contributed by atoms with Crippen molar-refractivity contribution in [2.75, 3.05) is 0 Å². The van der Waals surface area contributed by atoms with Crippen molar-refractivity contribution in [1.82, 2.24) is 0 Å². The third-order valence-corrected chi connectivity index (χ3v) is 7.31. The van der Waals surface area contributed by atoms with Crippen LogP contribution >= 0.6 is 15.2 Å². The van der Waals surface area contributed by atoms with Crippen molar-refractivity contribution in [2.45, 2.75) is 45.1 Å². The van der Waals surface area contributed by atoms with Crippen LogP contribution in [0.4, 0.5) is 0 Å². The highest BCUT2D eigenvalue weighted by atomic mass is 31.2. The normalized spacial score (nSPS) is 13.8. The SMILES string of the molecule is CCC(C)(CC)C(=O)CC(O)(P(=O)(O)O)P(=O)(O)O.O. The molecule has 0 heterocycles. The highest BCUT2D eigenvalue weighted by molar-refractivity contribution is 7.72. The Bertz CT molecular complexity index is 409. The van der Waals surface area contributed by atoms with Crippen LogP contribution in [0.15, 0.2) is 0 Å². The van der Waals surface area contributed by atoms with Crippen LogP contribution in [0.2, 0.25) is 0 Å². The molecule has 0 saturated heterocycles. The third-order valence-electron chi connectivity index (χ3n) is 3.56. The van der Waals surface area contributed by atoms with Crippen molar-refractivity contribution >= 4 is 21.0 Å². The van der Waals surface area contributed by atoms with Gasteiger partial charge in [0.1, 0.15) is 5.78 Å². The first-order valence-corrected chi connectivity index (χ1v) is 8.84. The van der Waals surface area contributed by atoms with E-state index < -0.39 is 37.9 Å². The number of hydrogen-bond donors (Lipinski definition) is 5. The van der Waals surface area contributed by atoms with E-state index >= 15 is 0 Å². The molecule has 122 valence electrons. The molecule has 0 rings (SSSR count). The maximum Gasteiger partial charge on any atom is 0.369 e. The smallest absolute Gasteiger partial charge is 0.369 e. The van der Waals surface area contributed by atoms with Crippen molar-refractivity contribution < 1.29 is 44.1 Å².